The molecule has 0 fully saturated rings. The van der Waals surface area contributed by atoms with Gasteiger partial charge in [0.25, 0.3) is 11.8 Å². The van der Waals surface area contributed by atoms with E-state index in [1.54, 1.807) is 36.4 Å². The van der Waals surface area contributed by atoms with Crippen molar-refractivity contribution in [2.75, 3.05) is 14.2 Å². The van der Waals surface area contributed by atoms with E-state index in [-0.39, 0.29) is 0 Å². The van der Waals surface area contributed by atoms with Gasteiger partial charge in [0.15, 0.2) is 0 Å². The lowest BCUT2D eigenvalue weighted by molar-refractivity contribution is 0.0985. The molecule has 126 valence electrons. The summed E-state index contributed by atoms with van der Waals surface area (Å²) in [5, 5.41) is 0. The van der Waals surface area contributed by atoms with Crippen LogP contribution < -0.4 is 20.9 Å². The molecular formula is C16H16N2O4S2. The quantitative estimate of drug-likeness (QED) is 0.732. The Balaban J connectivity index is 2.36. The Morgan fingerprint density at radius 2 is 1.17 bits per heavy atom. The molecule has 2 aromatic rings. The molecule has 0 saturated heterocycles. The van der Waals surface area contributed by atoms with Crippen LogP contribution >= 0.6 is 21.6 Å². The molecule has 0 saturated carbocycles. The third-order valence-electron chi connectivity index (χ3n) is 3.13. The molecule has 0 atom stereocenters. The number of rotatable bonds is 7. The topological polar surface area (TPSA) is 105 Å². The Bertz CT molecular complexity index is 715. The van der Waals surface area contributed by atoms with Crippen LogP contribution in [0.5, 0.6) is 11.5 Å². The van der Waals surface area contributed by atoms with Gasteiger partial charge in [-0.2, -0.15) is 0 Å². The van der Waals surface area contributed by atoms with Crippen LogP contribution in [-0.2, 0) is 0 Å². The van der Waals surface area contributed by atoms with Crippen molar-refractivity contribution in [2.45, 2.75) is 9.79 Å². The fourth-order valence-electron chi connectivity index (χ4n) is 2.08. The molecule has 0 bridgehead atoms. The molecule has 0 aliphatic heterocycles. The monoisotopic (exact) mass is 364 g/mol. The average molecular weight is 364 g/mol. The lowest BCUT2D eigenvalue weighted by Gasteiger charge is -2.12. The van der Waals surface area contributed by atoms with Gasteiger partial charge in [0.05, 0.1) is 25.3 Å². The summed E-state index contributed by atoms with van der Waals surface area (Å²) in [5.74, 6) is -0.379. The van der Waals surface area contributed by atoms with Crippen molar-refractivity contribution < 1.29 is 19.1 Å². The van der Waals surface area contributed by atoms with Crippen LogP contribution in [0.2, 0.25) is 0 Å². The number of carbonyl (C=O) groups is 2. The van der Waals surface area contributed by atoms with Crippen LogP contribution in [0.15, 0.2) is 46.2 Å². The first-order valence-electron chi connectivity index (χ1n) is 6.77. The number of ether oxygens (including phenoxy) is 2. The van der Waals surface area contributed by atoms with Crippen molar-refractivity contribution in [3.05, 3.63) is 47.5 Å². The molecule has 24 heavy (non-hydrogen) atoms. The maximum atomic E-state index is 11.7. The Morgan fingerprint density at radius 1 is 0.792 bits per heavy atom. The van der Waals surface area contributed by atoms with Gasteiger partial charge in [0, 0.05) is 9.79 Å². The van der Waals surface area contributed by atoms with Gasteiger partial charge in [0.2, 0.25) is 0 Å². The maximum absolute atomic E-state index is 11.7. The standard InChI is InChI=1S/C16H16N2O4S2/c1-21-9-5-3-7-11(13(9)15(17)19)23-24-12-8-4-6-10(22-2)14(12)16(18)20/h3-8H,1-2H3,(H2,17,19)(H2,18,20). The number of amides is 2. The molecule has 0 unspecified atom stereocenters. The van der Waals surface area contributed by atoms with Crippen molar-refractivity contribution in [3.8, 4) is 11.5 Å². The zero-order valence-electron chi connectivity index (χ0n) is 13.1. The van der Waals surface area contributed by atoms with Gasteiger partial charge in [-0.15, -0.1) is 0 Å². The van der Waals surface area contributed by atoms with Gasteiger partial charge in [-0.3, -0.25) is 9.59 Å². The van der Waals surface area contributed by atoms with Gasteiger partial charge >= 0.3 is 0 Å². The Kier molecular flexibility index (Phi) is 5.99. The molecule has 0 spiro atoms. The van der Waals surface area contributed by atoms with Crippen LogP contribution in [0.25, 0.3) is 0 Å². The molecule has 2 rings (SSSR count). The lowest BCUT2D eigenvalue weighted by Crippen LogP contribution is -2.14. The van der Waals surface area contributed by atoms with Gasteiger partial charge in [0.1, 0.15) is 11.5 Å². The molecule has 2 aromatic carbocycles. The third kappa shape index (κ3) is 3.77. The smallest absolute Gasteiger partial charge is 0.253 e. The third-order valence-corrected chi connectivity index (χ3v) is 5.58. The summed E-state index contributed by atoms with van der Waals surface area (Å²) in [6.45, 7) is 0. The minimum absolute atomic E-state index is 0.293. The van der Waals surface area contributed by atoms with Crippen LogP contribution in [0.1, 0.15) is 20.7 Å². The van der Waals surface area contributed by atoms with E-state index in [1.807, 2.05) is 0 Å². The maximum Gasteiger partial charge on any atom is 0.253 e. The average Bonchev–Trinajstić information content (AvgIpc) is 2.58. The second kappa shape index (κ2) is 7.98. The van der Waals surface area contributed by atoms with Crippen LogP contribution in [0.3, 0.4) is 0 Å². The lowest BCUT2D eigenvalue weighted by atomic mass is 10.2. The highest BCUT2D eigenvalue weighted by Crippen LogP contribution is 2.43. The van der Waals surface area contributed by atoms with Gasteiger partial charge < -0.3 is 20.9 Å². The number of hydrogen-bond acceptors (Lipinski definition) is 6. The predicted molar refractivity (Wildman–Crippen MR) is 94.7 cm³/mol. The summed E-state index contributed by atoms with van der Waals surface area (Å²) in [4.78, 5) is 24.7. The van der Waals surface area contributed by atoms with Gasteiger partial charge in [-0.05, 0) is 24.3 Å². The van der Waals surface area contributed by atoms with Crippen LogP contribution in [-0.4, -0.2) is 26.0 Å². The first kappa shape index (κ1) is 18.0. The van der Waals surface area contributed by atoms with Gasteiger partial charge in [-0.1, -0.05) is 33.7 Å². The van der Waals surface area contributed by atoms with Crippen molar-refractivity contribution in [3.63, 3.8) is 0 Å². The molecule has 0 aliphatic rings. The minimum atomic E-state index is -0.587. The largest absolute Gasteiger partial charge is 0.496 e. The van der Waals surface area contributed by atoms with Crippen molar-refractivity contribution in [1.29, 1.82) is 0 Å². The summed E-state index contributed by atoms with van der Waals surface area (Å²) in [6, 6.07) is 10.3. The molecule has 0 radical (unpaired) electrons. The minimum Gasteiger partial charge on any atom is -0.496 e. The van der Waals surface area contributed by atoms with E-state index >= 15 is 0 Å². The SMILES string of the molecule is COc1cccc(SSc2cccc(OC)c2C(N)=O)c1C(N)=O. The summed E-state index contributed by atoms with van der Waals surface area (Å²) < 4.78 is 10.4. The molecule has 2 amide bonds. The summed E-state index contributed by atoms with van der Waals surface area (Å²) in [5.41, 5.74) is 11.5. The highest BCUT2D eigenvalue weighted by molar-refractivity contribution is 8.76. The number of benzene rings is 2. The molecule has 8 heteroatoms. The number of primary amides is 2. The van der Waals surface area contributed by atoms with Crippen LogP contribution in [0, 0.1) is 0 Å². The van der Waals surface area contributed by atoms with E-state index in [2.05, 4.69) is 0 Å². The highest BCUT2D eigenvalue weighted by atomic mass is 33.1. The predicted octanol–water partition coefficient (Wildman–Crippen LogP) is 2.70. The molecule has 0 aliphatic carbocycles. The summed E-state index contributed by atoms with van der Waals surface area (Å²) in [7, 11) is 5.50. The van der Waals surface area contributed by atoms with Crippen molar-refractivity contribution >= 4 is 33.4 Å². The van der Waals surface area contributed by atoms with E-state index in [4.69, 9.17) is 20.9 Å². The number of methoxy groups -OCH3 is 2. The highest BCUT2D eigenvalue weighted by Gasteiger charge is 2.18. The fraction of sp³-hybridized carbons (Fsp3) is 0.125. The normalized spacial score (nSPS) is 10.2. The van der Waals surface area contributed by atoms with E-state index < -0.39 is 11.8 Å². The second-order valence-electron chi connectivity index (χ2n) is 4.56. The molecule has 6 nitrogen and oxygen atoms in total. The van der Waals surface area contributed by atoms with E-state index in [1.165, 1.54) is 35.8 Å². The number of hydrogen-bond donors (Lipinski definition) is 2. The Labute approximate surface area is 147 Å². The van der Waals surface area contributed by atoms with E-state index in [9.17, 15) is 9.59 Å². The number of carbonyl (C=O) groups excluding carboxylic acids is 2. The molecule has 4 N–H and O–H groups in total. The second-order valence-corrected chi connectivity index (χ2v) is 6.77. The van der Waals surface area contributed by atoms with Crippen LogP contribution in [0.4, 0.5) is 0 Å². The fourth-order valence-corrected chi connectivity index (χ4v) is 4.47. The number of nitrogens with two attached hydrogens (primary N) is 2. The Morgan fingerprint density at radius 3 is 1.46 bits per heavy atom. The molecular weight excluding hydrogens is 348 g/mol. The zero-order chi connectivity index (χ0) is 17.7. The summed E-state index contributed by atoms with van der Waals surface area (Å²) >= 11 is 0. The van der Waals surface area contributed by atoms with E-state index in [0.717, 1.165) is 0 Å². The molecule has 0 aromatic heterocycles. The van der Waals surface area contributed by atoms with Gasteiger partial charge in [-0.25, -0.2) is 0 Å². The molecule has 0 heterocycles. The van der Waals surface area contributed by atoms with Crippen molar-refractivity contribution in [2.24, 2.45) is 11.5 Å². The van der Waals surface area contributed by atoms with E-state index in [0.29, 0.717) is 32.4 Å². The summed E-state index contributed by atoms with van der Waals surface area (Å²) in [6.07, 6.45) is 0. The first-order valence-corrected chi connectivity index (χ1v) is 8.92. The first-order chi connectivity index (χ1) is 11.5. The zero-order valence-corrected chi connectivity index (χ0v) is 14.7. The Hall–Kier alpha value is -2.32. The van der Waals surface area contributed by atoms with Crippen molar-refractivity contribution in [1.82, 2.24) is 0 Å².